The second-order valence-electron chi connectivity index (χ2n) is 9.00. The van der Waals surface area contributed by atoms with E-state index in [0.29, 0.717) is 25.5 Å². The number of ether oxygens (including phenoxy) is 2. The molecular weight excluding hydrogens is 455 g/mol. The van der Waals surface area contributed by atoms with Crippen molar-refractivity contribution >= 4 is 10.0 Å². The molecule has 1 spiro atoms. The highest BCUT2D eigenvalue weighted by Gasteiger charge is 2.40. The SMILES string of the molecule is CNCc1cc(-c2ccccc2F)n(S(=O)(=O)c2cccc(C3CCC4(CC3)OCCO4)c2)c1. The fraction of sp³-hybridized carbons (Fsp3) is 0.385. The predicted octanol–water partition coefficient (Wildman–Crippen LogP) is 4.65. The highest BCUT2D eigenvalue weighted by atomic mass is 32.2. The molecular formula is C26H29FN2O4S. The van der Waals surface area contributed by atoms with E-state index < -0.39 is 21.6 Å². The molecule has 1 aliphatic carbocycles. The lowest BCUT2D eigenvalue weighted by Gasteiger charge is -2.35. The van der Waals surface area contributed by atoms with Crippen molar-refractivity contribution < 1.29 is 22.3 Å². The van der Waals surface area contributed by atoms with Gasteiger partial charge in [-0.3, -0.25) is 0 Å². The minimum absolute atomic E-state index is 0.197. The van der Waals surface area contributed by atoms with Crippen molar-refractivity contribution in [2.24, 2.45) is 0 Å². The van der Waals surface area contributed by atoms with Gasteiger partial charge in [-0.05, 0) is 67.3 Å². The van der Waals surface area contributed by atoms with Crippen LogP contribution in [0.1, 0.15) is 42.7 Å². The summed E-state index contributed by atoms with van der Waals surface area (Å²) in [6, 6.07) is 15.1. The number of benzene rings is 2. The van der Waals surface area contributed by atoms with Crippen molar-refractivity contribution in [3.63, 3.8) is 0 Å². The molecule has 3 aromatic rings. The summed E-state index contributed by atoms with van der Waals surface area (Å²) >= 11 is 0. The number of rotatable bonds is 6. The molecule has 180 valence electrons. The number of hydrogen-bond donors (Lipinski definition) is 1. The molecule has 2 heterocycles. The summed E-state index contributed by atoms with van der Waals surface area (Å²) in [5.41, 5.74) is 2.31. The minimum Gasteiger partial charge on any atom is -0.348 e. The Labute approximate surface area is 199 Å². The number of hydrogen-bond acceptors (Lipinski definition) is 5. The summed E-state index contributed by atoms with van der Waals surface area (Å²) in [4.78, 5) is 0.197. The van der Waals surface area contributed by atoms with Gasteiger partial charge in [0.25, 0.3) is 10.0 Å². The highest BCUT2D eigenvalue weighted by Crippen LogP contribution is 2.42. The molecule has 8 heteroatoms. The molecule has 1 aliphatic heterocycles. The third kappa shape index (κ3) is 4.31. The van der Waals surface area contributed by atoms with Gasteiger partial charge in [0.1, 0.15) is 5.82 Å². The van der Waals surface area contributed by atoms with E-state index in [-0.39, 0.29) is 16.4 Å². The Morgan fingerprint density at radius 1 is 1.06 bits per heavy atom. The molecule has 34 heavy (non-hydrogen) atoms. The topological polar surface area (TPSA) is 69.6 Å². The Balaban J connectivity index is 1.48. The van der Waals surface area contributed by atoms with Gasteiger partial charge in [0.05, 0.1) is 23.8 Å². The van der Waals surface area contributed by atoms with Crippen LogP contribution in [0.2, 0.25) is 0 Å². The average molecular weight is 485 g/mol. The average Bonchev–Trinajstić information content (AvgIpc) is 3.48. The van der Waals surface area contributed by atoms with Crippen LogP contribution < -0.4 is 5.32 Å². The number of nitrogens with one attached hydrogen (secondary N) is 1. The molecule has 0 radical (unpaired) electrons. The van der Waals surface area contributed by atoms with Crippen molar-refractivity contribution in [3.05, 3.63) is 77.7 Å². The van der Waals surface area contributed by atoms with E-state index in [2.05, 4.69) is 5.32 Å². The first-order valence-electron chi connectivity index (χ1n) is 11.7. The quantitative estimate of drug-likeness (QED) is 0.552. The first-order chi connectivity index (χ1) is 16.4. The number of nitrogens with zero attached hydrogens (tertiary/aromatic N) is 1. The van der Waals surface area contributed by atoms with Gasteiger partial charge in [-0.2, -0.15) is 0 Å². The first-order valence-corrected chi connectivity index (χ1v) is 13.1. The van der Waals surface area contributed by atoms with Crippen LogP contribution in [0.15, 0.2) is 65.7 Å². The monoisotopic (exact) mass is 484 g/mol. The molecule has 6 nitrogen and oxygen atoms in total. The van der Waals surface area contributed by atoms with E-state index in [1.54, 1.807) is 55.7 Å². The van der Waals surface area contributed by atoms with Gasteiger partial charge in [0, 0.05) is 31.1 Å². The molecule has 0 bridgehead atoms. The largest absolute Gasteiger partial charge is 0.348 e. The third-order valence-electron chi connectivity index (χ3n) is 6.82. The van der Waals surface area contributed by atoms with Crippen LogP contribution in [0, 0.1) is 5.82 Å². The maximum atomic E-state index is 14.6. The predicted molar refractivity (Wildman–Crippen MR) is 127 cm³/mol. The lowest BCUT2D eigenvalue weighted by atomic mass is 9.81. The van der Waals surface area contributed by atoms with Gasteiger partial charge >= 0.3 is 0 Å². The van der Waals surface area contributed by atoms with Crippen LogP contribution in [0.25, 0.3) is 11.3 Å². The van der Waals surface area contributed by atoms with Crippen molar-refractivity contribution in [1.29, 1.82) is 0 Å². The molecule has 2 aliphatic rings. The molecule has 1 saturated heterocycles. The summed E-state index contributed by atoms with van der Waals surface area (Å²) < 4.78 is 55.0. The molecule has 5 rings (SSSR count). The third-order valence-corrected chi connectivity index (χ3v) is 8.49. The zero-order valence-electron chi connectivity index (χ0n) is 19.2. The smallest absolute Gasteiger partial charge is 0.268 e. The van der Waals surface area contributed by atoms with E-state index in [9.17, 15) is 12.8 Å². The van der Waals surface area contributed by atoms with Crippen molar-refractivity contribution in [3.8, 4) is 11.3 Å². The summed E-state index contributed by atoms with van der Waals surface area (Å²) in [6.07, 6.45) is 4.92. The van der Waals surface area contributed by atoms with Crippen LogP contribution in [-0.2, 0) is 26.0 Å². The number of halogens is 1. The van der Waals surface area contributed by atoms with Crippen molar-refractivity contribution in [2.75, 3.05) is 20.3 Å². The van der Waals surface area contributed by atoms with Crippen molar-refractivity contribution in [2.45, 2.75) is 48.8 Å². The van der Waals surface area contributed by atoms with Gasteiger partial charge in [0.15, 0.2) is 5.79 Å². The van der Waals surface area contributed by atoms with Gasteiger partial charge < -0.3 is 14.8 Å². The van der Waals surface area contributed by atoms with E-state index in [1.807, 2.05) is 6.07 Å². The molecule has 0 atom stereocenters. The zero-order valence-corrected chi connectivity index (χ0v) is 20.0. The van der Waals surface area contributed by atoms with E-state index in [1.165, 1.54) is 10.0 Å². The second-order valence-corrected chi connectivity index (χ2v) is 10.8. The molecule has 2 fully saturated rings. The van der Waals surface area contributed by atoms with E-state index in [4.69, 9.17) is 9.47 Å². The molecule has 1 aromatic heterocycles. The lowest BCUT2D eigenvalue weighted by Crippen LogP contribution is -2.34. The van der Waals surface area contributed by atoms with Crippen LogP contribution in [-0.4, -0.2) is 38.4 Å². The van der Waals surface area contributed by atoms with Crippen LogP contribution in [0.5, 0.6) is 0 Å². The van der Waals surface area contributed by atoms with Crippen molar-refractivity contribution in [1.82, 2.24) is 9.29 Å². The van der Waals surface area contributed by atoms with Crippen LogP contribution in [0.3, 0.4) is 0 Å². The Morgan fingerprint density at radius 2 is 1.79 bits per heavy atom. The maximum absolute atomic E-state index is 14.6. The number of aromatic nitrogens is 1. The minimum atomic E-state index is -3.94. The van der Waals surface area contributed by atoms with Crippen LogP contribution in [0.4, 0.5) is 4.39 Å². The fourth-order valence-corrected chi connectivity index (χ4v) is 6.53. The van der Waals surface area contributed by atoms with Gasteiger partial charge in [-0.15, -0.1) is 0 Å². The molecule has 0 amide bonds. The van der Waals surface area contributed by atoms with Gasteiger partial charge in [-0.1, -0.05) is 24.3 Å². The summed E-state index contributed by atoms with van der Waals surface area (Å²) in [6.45, 7) is 1.74. The highest BCUT2D eigenvalue weighted by molar-refractivity contribution is 7.90. The van der Waals surface area contributed by atoms with Crippen LogP contribution >= 0.6 is 0 Å². The summed E-state index contributed by atoms with van der Waals surface area (Å²) in [5, 5.41) is 3.03. The van der Waals surface area contributed by atoms with Gasteiger partial charge in [0.2, 0.25) is 0 Å². The first kappa shape index (κ1) is 23.2. The second kappa shape index (κ2) is 9.26. The molecule has 0 unspecified atom stereocenters. The fourth-order valence-electron chi connectivity index (χ4n) is 5.08. The Kier molecular flexibility index (Phi) is 6.33. The van der Waals surface area contributed by atoms with Gasteiger partial charge in [-0.25, -0.2) is 16.8 Å². The Morgan fingerprint density at radius 3 is 2.50 bits per heavy atom. The standard InChI is InChI=1S/C26H29FN2O4S/c1-28-17-19-15-25(23-7-2-3-8-24(23)27)29(18-19)34(30,31)22-6-4-5-21(16-22)20-9-11-26(12-10-20)32-13-14-33-26/h2-8,15-16,18,20,28H,9-14,17H2,1H3. The van der Waals surface area contributed by atoms with E-state index >= 15 is 0 Å². The normalized spacial score (nSPS) is 18.5. The summed E-state index contributed by atoms with van der Waals surface area (Å²) in [5.74, 6) is -0.678. The maximum Gasteiger partial charge on any atom is 0.268 e. The lowest BCUT2D eigenvalue weighted by molar-refractivity contribution is -0.178. The molecule has 1 saturated carbocycles. The molecule has 1 N–H and O–H groups in total. The van der Waals surface area contributed by atoms with E-state index in [0.717, 1.165) is 36.8 Å². The Bertz CT molecular complexity index is 1270. The summed E-state index contributed by atoms with van der Waals surface area (Å²) in [7, 11) is -2.16. The zero-order chi connectivity index (χ0) is 23.8. The Hall–Kier alpha value is -2.52. The molecule has 2 aromatic carbocycles.